The van der Waals surface area contributed by atoms with E-state index in [1.807, 2.05) is 30.3 Å². The summed E-state index contributed by atoms with van der Waals surface area (Å²) in [6.45, 7) is 2.51. The van der Waals surface area contributed by atoms with Crippen LogP contribution in [0.3, 0.4) is 0 Å². The first kappa shape index (κ1) is 27.1. The molecule has 0 aliphatic rings. The Kier molecular flexibility index (Phi) is 11.8. The number of aliphatic hydroxyl groups excluding tert-OH is 1. The number of nitrogens with one attached hydrogen (secondary N) is 2. The van der Waals surface area contributed by atoms with Gasteiger partial charge in [0.1, 0.15) is 5.82 Å². The molecule has 31 heavy (non-hydrogen) atoms. The maximum atomic E-state index is 13.2. The quantitative estimate of drug-likeness (QED) is 0.189. The van der Waals surface area contributed by atoms with E-state index in [-0.39, 0.29) is 55.2 Å². The number of guanidine groups is 1. The van der Waals surface area contributed by atoms with Crippen LogP contribution in [0.5, 0.6) is 0 Å². The fraction of sp³-hybridized carbons (Fsp3) is 0.381. The van der Waals surface area contributed by atoms with E-state index in [0.29, 0.717) is 19.2 Å². The van der Waals surface area contributed by atoms with E-state index in [1.54, 1.807) is 6.92 Å². The second-order valence-corrected chi connectivity index (χ2v) is 6.53. The van der Waals surface area contributed by atoms with Crippen molar-refractivity contribution in [3.05, 3.63) is 71.0 Å². The van der Waals surface area contributed by atoms with Crippen molar-refractivity contribution < 1.29 is 27.4 Å². The Morgan fingerprint density at radius 2 is 1.84 bits per heavy atom. The molecule has 3 N–H and O–H groups in total. The summed E-state index contributed by atoms with van der Waals surface area (Å²) in [7, 11) is 0. The van der Waals surface area contributed by atoms with Gasteiger partial charge in [0.2, 0.25) is 0 Å². The van der Waals surface area contributed by atoms with Crippen LogP contribution in [0.4, 0.5) is 17.6 Å². The molecule has 2 aromatic carbocycles. The van der Waals surface area contributed by atoms with Gasteiger partial charge in [-0.2, -0.15) is 13.2 Å². The Bertz CT molecular complexity index is 820. The molecule has 0 amide bonds. The second kappa shape index (κ2) is 13.5. The van der Waals surface area contributed by atoms with Crippen LogP contribution in [0.2, 0.25) is 0 Å². The fourth-order valence-electron chi connectivity index (χ4n) is 2.62. The summed E-state index contributed by atoms with van der Waals surface area (Å²) >= 11 is 0. The predicted octanol–water partition coefficient (Wildman–Crippen LogP) is 4.10. The van der Waals surface area contributed by atoms with Gasteiger partial charge < -0.3 is 20.5 Å². The van der Waals surface area contributed by atoms with Gasteiger partial charge in [0.05, 0.1) is 31.4 Å². The molecule has 0 saturated heterocycles. The van der Waals surface area contributed by atoms with Gasteiger partial charge in [0.25, 0.3) is 0 Å². The minimum Gasteiger partial charge on any atom is -0.389 e. The molecule has 1 atom stereocenters. The van der Waals surface area contributed by atoms with Crippen LogP contribution in [-0.2, 0) is 24.1 Å². The maximum Gasteiger partial charge on any atom is 0.416 e. The molecule has 10 heteroatoms. The molecular formula is C21H26F4IN3O2. The number of ether oxygens (including phenoxy) is 1. The number of hydrogen-bond acceptors (Lipinski definition) is 3. The molecule has 0 aliphatic heterocycles. The van der Waals surface area contributed by atoms with Gasteiger partial charge in [0.15, 0.2) is 5.96 Å². The smallest absolute Gasteiger partial charge is 0.389 e. The van der Waals surface area contributed by atoms with E-state index in [2.05, 4.69) is 15.6 Å². The first-order chi connectivity index (χ1) is 14.3. The third-order valence-electron chi connectivity index (χ3n) is 4.06. The molecule has 0 heterocycles. The van der Waals surface area contributed by atoms with Crippen LogP contribution in [-0.4, -0.2) is 36.9 Å². The third kappa shape index (κ3) is 9.83. The van der Waals surface area contributed by atoms with Gasteiger partial charge in [-0.3, -0.25) is 0 Å². The Hall–Kier alpha value is -1.92. The number of aliphatic hydroxyl groups is 1. The summed E-state index contributed by atoms with van der Waals surface area (Å²) in [5.41, 5.74) is -0.225. The molecule has 1 unspecified atom stereocenters. The number of nitrogens with zero attached hydrogens (tertiary/aromatic N) is 1. The van der Waals surface area contributed by atoms with E-state index in [4.69, 9.17) is 4.74 Å². The van der Waals surface area contributed by atoms with Gasteiger partial charge in [-0.25, -0.2) is 9.38 Å². The van der Waals surface area contributed by atoms with E-state index < -0.39 is 23.7 Å². The molecule has 0 saturated carbocycles. The van der Waals surface area contributed by atoms with Crippen LogP contribution in [0.25, 0.3) is 0 Å². The largest absolute Gasteiger partial charge is 0.416 e. The second-order valence-electron chi connectivity index (χ2n) is 6.53. The Balaban J connectivity index is 0.00000480. The number of alkyl halides is 3. The van der Waals surface area contributed by atoms with Gasteiger partial charge in [-0.15, -0.1) is 24.0 Å². The average Bonchev–Trinajstić information content (AvgIpc) is 2.71. The monoisotopic (exact) mass is 555 g/mol. The zero-order chi connectivity index (χ0) is 22.0. The lowest BCUT2D eigenvalue weighted by atomic mass is 10.1. The minimum atomic E-state index is -4.68. The number of halogens is 5. The molecule has 172 valence electrons. The highest BCUT2D eigenvalue weighted by atomic mass is 127. The van der Waals surface area contributed by atoms with Crippen molar-refractivity contribution in [2.24, 2.45) is 4.99 Å². The molecule has 0 bridgehead atoms. The zero-order valence-electron chi connectivity index (χ0n) is 17.0. The number of aliphatic imine (C=N–C) groups is 1. The summed E-state index contributed by atoms with van der Waals surface area (Å²) in [5.74, 6) is -0.726. The van der Waals surface area contributed by atoms with Crippen molar-refractivity contribution in [3.63, 3.8) is 0 Å². The zero-order valence-corrected chi connectivity index (χ0v) is 19.3. The lowest BCUT2D eigenvalue weighted by Gasteiger charge is -2.16. The van der Waals surface area contributed by atoms with Gasteiger partial charge >= 0.3 is 6.18 Å². The topological polar surface area (TPSA) is 65.9 Å². The van der Waals surface area contributed by atoms with Crippen molar-refractivity contribution in [2.75, 3.05) is 19.7 Å². The molecule has 0 aliphatic carbocycles. The van der Waals surface area contributed by atoms with Crippen LogP contribution in [0.1, 0.15) is 23.6 Å². The highest BCUT2D eigenvalue weighted by Crippen LogP contribution is 2.32. The van der Waals surface area contributed by atoms with Crippen LogP contribution in [0.15, 0.2) is 53.5 Å². The van der Waals surface area contributed by atoms with Crippen molar-refractivity contribution in [1.29, 1.82) is 0 Å². The first-order valence-corrected chi connectivity index (χ1v) is 9.47. The van der Waals surface area contributed by atoms with E-state index in [1.165, 1.54) is 0 Å². The first-order valence-electron chi connectivity index (χ1n) is 9.47. The highest BCUT2D eigenvalue weighted by molar-refractivity contribution is 14.0. The Morgan fingerprint density at radius 3 is 2.48 bits per heavy atom. The summed E-state index contributed by atoms with van der Waals surface area (Å²) in [6, 6.07) is 12.0. The van der Waals surface area contributed by atoms with Crippen molar-refractivity contribution in [3.8, 4) is 0 Å². The van der Waals surface area contributed by atoms with E-state index in [9.17, 15) is 22.7 Å². The van der Waals surface area contributed by atoms with E-state index in [0.717, 1.165) is 17.7 Å². The van der Waals surface area contributed by atoms with Crippen LogP contribution < -0.4 is 10.6 Å². The van der Waals surface area contributed by atoms with E-state index >= 15 is 0 Å². The lowest BCUT2D eigenvalue weighted by molar-refractivity contribution is -0.138. The molecule has 0 spiro atoms. The summed E-state index contributed by atoms with van der Waals surface area (Å²) in [5, 5.41) is 15.8. The number of benzene rings is 2. The molecule has 2 aromatic rings. The summed E-state index contributed by atoms with van der Waals surface area (Å²) in [6.07, 6.45) is -5.51. The fourth-order valence-corrected chi connectivity index (χ4v) is 2.62. The normalized spacial score (nSPS) is 12.8. The molecule has 5 nitrogen and oxygen atoms in total. The van der Waals surface area contributed by atoms with Crippen LogP contribution in [0, 0.1) is 5.82 Å². The standard InChI is InChI=1S/C21H25F4N3O2.HI/c1-2-26-20(27-11-16-8-9-17(22)10-19(16)21(23,24)25)28-12-18(29)14-30-13-15-6-4-3-5-7-15;/h3-10,18,29H,2,11-14H2,1H3,(H2,26,27,28);1H. The maximum absolute atomic E-state index is 13.2. The summed E-state index contributed by atoms with van der Waals surface area (Å²) in [4.78, 5) is 4.11. The lowest BCUT2D eigenvalue weighted by Crippen LogP contribution is -2.42. The third-order valence-corrected chi connectivity index (χ3v) is 4.06. The van der Waals surface area contributed by atoms with Crippen LogP contribution >= 0.6 is 24.0 Å². The molecule has 0 radical (unpaired) electrons. The molecule has 0 fully saturated rings. The number of rotatable bonds is 9. The SMILES string of the molecule is CCNC(=NCc1ccc(F)cc1C(F)(F)F)NCC(O)COCc1ccccc1.I. The minimum absolute atomic E-state index is 0. The molecule has 0 aromatic heterocycles. The number of hydrogen-bond donors (Lipinski definition) is 3. The van der Waals surface area contributed by atoms with Gasteiger partial charge in [-0.05, 0) is 30.2 Å². The molecular weight excluding hydrogens is 529 g/mol. The predicted molar refractivity (Wildman–Crippen MR) is 122 cm³/mol. The van der Waals surface area contributed by atoms with Crippen molar-refractivity contribution in [1.82, 2.24) is 10.6 Å². The highest BCUT2D eigenvalue weighted by Gasteiger charge is 2.33. The van der Waals surface area contributed by atoms with Crippen molar-refractivity contribution >= 4 is 29.9 Å². The molecule has 2 rings (SSSR count). The Morgan fingerprint density at radius 1 is 1.13 bits per heavy atom. The summed E-state index contributed by atoms with van der Waals surface area (Å²) < 4.78 is 58.0. The Labute approximate surface area is 195 Å². The van der Waals surface area contributed by atoms with Crippen molar-refractivity contribution in [2.45, 2.75) is 32.4 Å². The van der Waals surface area contributed by atoms with Gasteiger partial charge in [0, 0.05) is 13.1 Å². The average molecular weight is 555 g/mol. The van der Waals surface area contributed by atoms with Gasteiger partial charge in [-0.1, -0.05) is 36.4 Å².